The second kappa shape index (κ2) is 9.89. The van der Waals surface area contributed by atoms with Crippen LogP contribution in [0, 0.1) is 0 Å². The van der Waals surface area contributed by atoms with Gasteiger partial charge in [0.1, 0.15) is 12.4 Å². The van der Waals surface area contributed by atoms with Crippen LogP contribution in [0.2, 0.25) is 0 Å². The van der Waals surface area contributed by atoms with E-state index in [9.17, 15) is 9.59 Å². The van der Waals surface area contributed by atoms with Gasteiger partial charge in [-0.15, -0.1) is 0 Å². The highest BCUT2D eigenvalue weighted by atomic mass is 79.9. The van der Waals surface area contributed by atoms with Gasteiger partial charge in [0.05, 0.1) is 10.6 Å². The minimum atomic E-state index is -0.266. The third kappa shape index (κ3) is 6.05. The summed E-state index contributed by atoms with van der Waals surface area (Å²) in [7, 11) is 0. The van der Waals surface area contributed by atoms with Crippen molar-refractivity contribution in [2.45, 2.75) is 38.8 Å². The van der Waals surface area contributed by atoms with Crippen LogP contribution in [-0.2, 0) is 4.74 Å². The highest BCUT2D eigenvalue weighted by Gasteiger charge is 2.17. The van der Waals surface area contributed by atoms with Crippen LogP contribution in [0.3, 0.4) is 0 Å². The topological polar surface area (TPSA) is 76.7 Å². The van der Waals surface area contributed by atoms with Gasteiger partial charge in [-0.05, 0) is 79.0 Å². The van der Waals surface area contributed by atoms with Crippen LogP contribution in [0.4, 0.5) is 5.69 Å². The standard InChI is InChI=1S/C22H25BrN2O4/c1-14(2)24-21(26)15-5-3-6-17(11-15)25-22(27)16-8-9-20(19(23)12-16)29-13-18-7-4-10-28-18/h3,5-6,8-9,11-12,14,18H,4,7,10,13H2,1-2H3,(H,24,26)(H,25,27). The zero-order chi connectivity index (χ0) is 20.8. The predicted molar refractivity (Wildman–Crippen MR) is 116 cm³/mol. The molecule has 154 valence electrons. The molecule has 0 radical (unpaired) electrons. The van der Waals surface area contributed by atoms with E-state index in [0.29, 0.717) is 33.6 Å². The molecule has 0 saturated carbocycles. The Labute approximate surface area is 179 Å². The molecule has 1 unspecified atom stereocenters. The normalized spacial score (nSPS) is 15.9. The monoisotopic (exact) mass is 460 g/mol. The second-order valence-electron chi connectivity index (χ2n) is 7.25. The number of carbonyl (C=O) groups is 2. The molecule has 0 aliphatic carbocycles. The van der Waals surface area contributed by atoms with Crippen LogP contribution in [-0.4, -0.2) is 37.2 Å². The number of ether oxygens (including phenoxy) is 2. The summed E-state index contributed by atoms with van der Waals surface area (Å²) < 4.78 is 12.1. The lowest BCUT2D eigenvalue weighted by Crippen LogP contribution is -2.30. The Kier molecular flexibility index (Phi) is 7.28. The SMILES string of the molecule is CC(C)NC(=O)c1cccc(NC(=O)c2ccc(OCC3CCCO3)c(Br)c2)c1. The first-order valence-electron chi connectivity index (χ1n) is 9.68. The van der Waals surface area contributed by atoms with E-state index in [1.54, 1.807) is 42.5 Å². The maximum absolute atomic E-state index is 12.6. The summed E-state index contributed by atoms with van der Waals surface area (Å²) in [6, 6.07) is 12.1. The van der Waals surface area contributed by atoms with E-state index in [0.717, 1.165) is 19.4 Å². The number of hydrogen-bond acceptors (Lipinski definition) is 4. The van der Waals surface area contributed by atoms with E-state index in [4.69, 9.17) is 9.47 Å². The number of amides is 2. The molecule has 0 aromatic heterocycles. The Hall–Kier alpha value is -2.38. The Morgan fingerprint density at radius 2 is 1.97 bits per heavy atom. The molecule has 1 heterocycles. The molecular weight excluding hydrogens is 436 g/mol. The highest BCUT2D eigenvalue weighted by Crippen LogP contribution is 2.27. The van der Waals surface area contributed by atoms with Crippen molar-refractivity contribution in [1.29, 1.82) is 0 Å². The van der Waals surface area contributed by atoms with Crippen molar-refractivity contribution in [3.63, 3.8) is 0 Å². The molecule has 6 nitrogen and oxygen atoms in total. The minimum absolute atomic E-state index is 0.0408. The number of nitrogens with one attached hydrogen (secondary N) is 2. The van der Waals surface area contributed by atoms with Crippen molar-refractivity contribution in [2.24, 2.45) is 0 Å². The van der Waals surface area contributed by atoms with E-state index in [-0.39, 0.29) is 24.0 Å². The van der Waals surface area contributed by atoms with Crippen molar-refractivity contribution in [3.8, 4) is 5.75 Å². The molecule has 29 heavy (non-hydrogen) atoms. The predicted octanol–water partition coefficient (Wildman–Crippen LogP) is 4.40. The lowest BCUT2D eigenvalue weighted by Gasteiger charge is -2.13. The molecule has 7 heteroatoms. The molecule has 0 spiro atoms. The van der Waals surface area contributed by atoms with E-state index in [2.05, 4.69) is 26.6 Å². The van der Waals surface area contributed by atoms with Crippen LogP contribution in [0.15, 0.2) is 46.9 Å². The summed E-state index contributed by atoms with van der Waals surface area (Å²) in [4.78, 5) is 24.8. The Bertz CT molecular complexity index is 879. The average Bonchev–Trinajstić information content (AvgIpc) is 3.20. The van der Waals surface area contributed by atoms with Crippen LogP contribution in [0.25, 0.3) is 0 Å². The minimum Gasteiger partial charge on any atom is -0.490 e. The van der Waals surface area contributed by atoms with Crippen LogP contribution >= 0.6 is 15.9 Å². The summed E-state index contributed by atoms with van der Waals surface area (Å²) in [6.07, 6.45) is 2.20. The van der Waals surface area contributed by atoms with Gasteiger partial charge in [-0.25, -0.2) is 0 Å². The molecule has 3 rings (SSSR count). The number of rotatable bonds is 7. The number of hydrogen-bond donors (Lipinski definition) is 2. The van der Waals surface area contributed by atoms with Gasteiger partial charge in [0.2, 0.25) is 0 Å². The van der Waals surface area contributed by atoms with Gasteiger partial charge in [-0.2, -0.15) is 0 Å². The van der Waals surface area contributed by atoms with Gasteiger partial charge in [-0.3, -0.25) is 9.59 Å². The van der Waals surface area contributed by atoms with Crippen molar-refractivity contribution in [1.82, 2.24) is 5.32 Å². The molecule has 2 aromatic rings. The highest BCUT2D eigenvalue weighted by molar-refractivity contribution is 9.10. The summed E-state index contributed by atoms with van der Waals surface area (Å²) in [5.74, 6) is 0.230. The fourth-order valence-corrected chi connectivity index (χ4v) is 3.50. The number of halogens is 1. The smallest absolute Gasteiger partial charge is 0.255 e. The molecule has 1 saturated heterocycles. The molecular formula is C22H25BrN2O4. The van der Waals surface area contributed by atoms with Crippen molar-refractivity contribution in [3.05, 3.63) is 58.1 Å². The first-order valence-corrected chi connectivity index (χ1v) is 10.5. The molecule has 2 amide bonds. The number of benzene rings is 2. The van der Waals surface area contributed by atoms with Crippen LogP contribution < -0.4 is 15.4 Å². The van der Waals surface area contributed by atoms with Gasteiger partial charge >= 0.3 is 0 Å². The fourth-order valence-electron chi connectivity index (χ4n) is 3.00. The van der Waals surface area contributed by atoms with Crippen molar-refractivity contribution in [2.75, 3.05) is 18.5 Å². The first-order chi connectivity index (χ1) is 13.9. The summed E-state index contributed by atoms with van der Waals surface area (Å²) in [5, 5.41) is 5.67. The van der Waals surface area contributed by atoms with E-state index in [1.165, 1.54) is 0 Å². The third-order valence-corrected chi connectivity index (χ3v) is 5.06. The fraction of sp³-hybridized carbons (Fsp3) is 0.364. The van der Waals surface area contributed by atoms with Gasteiger partial charge in [-0.1, -0.05) is 6.07 Å². The molecule has 1 fully saturated rings. The van der Waals surface area contributed by atoms with Gasteiger partial charge in [0.25, 0.3) is 11.8 Å². The maximum Gasteiger partial charge on any atom is 0.255 e. The van der Waals surface area contributed by atoms with Crippen LogP contribution in [0.1, 0.15) is 47.4 Å². The molecule has 1 atom stereocenters. The Morgan fingerprint density at radius 3 is 2.66 bits per heavy atom. The van der Waals surface area contributed by atoms with Crippen molar-refractivity contribution >= 4 is 33.4 Å². The second-order valence-corrected chi connectivity index (χ2v) is 8.11. The average molecular weight is 461 g/mol. The molecule has 0 bridgehead atoms. The Morgan fingerprint density at radius 1 is 1.17 bits per heavy atom. The van der Waals surface area contributed by atoms with Gasteiger partial charge in [0, 0.05) is 29.5 Å². The van der Waals surface area contributed by atoms with E-state index >= 15 is 0 Å². The largest absolute Gasteiger partial charge is 0.490 e. The quantitative estimate of drug-likeness (QED) is 0.641. The molecule has 2 N–H and O–H groups in total. The number of anilines is 1. The zero-order valence-electron chi connectivity index (χ0n) is 16.5. The summed E-state index contributed by atoms with van der Waals surface area (Å²) in [5.41, 5.74) is 1.54. The Balaban J connectivity index is 1.63. The van der Waals surface area contributed by atoms with E-state index in [1.807, 2.05) is 13.8 Å². The summed E-state index contributed by atoms with van der Waals surface area (Å²) in [6.45, 7) is 5.08. The summed E-state index contributed by atoms with van der Waals surface area (Å²) >= 11 is 3.47. The van der Waals surface area contributed by atoms with Gasteiger partial charge < -0.3 is 20.1 Å². The van der Waals surface area contributed by atoms with Crippen molar-refractivity contribution < 1.29 is 19.1 Å². The van der Waals surface area contributed by atoms with Gasteiger partial charge in [0.15, 0.2) is 0 Å². The third-order valence-electron chi connectivity index (χ3n) is 4.45. The van der Waals surface area contributed by atoms with Crippen LogP contribution in [0.5, 0.6) is 5.75 Å². The number of carbonyl (C=O) groups excluding carboxylic acids is 2. The molecule has 1 aliphatic heterocycles. The maximum atomic E-state index is 12.6. The zero-order valence-corrected chi connectivity index (χ0v) is 18.1. The first kappa shape index (κ1) is 21.3. The molecule has 2 aromatic carbocycles. The molecule has 1 aliphatic rings. The lowest BCUT2D eigenvalue weighted by atomic mass is 10.1. The lowest BCUT2D eigenvalue weighted by molar-refractivity contribution is 0.0677. The van der Waals surface area contributed by atoms with E-state index < -0.39 is 0 Å².